The zero-order chi connectivity index (χ0) is 11.4. The SMILES string of the molecule is CCNCc1csc(N(C)CC2CCC2)n1. The Labute approximate surface area is 102 Å². The summed E-state index contributed by atoms with van der Waals surface area (Å²) in [5.41, 5.74) is 1.17. The fraction of sp³-hybridized carbons (Fsp3) is 0.750. The third kappa shape index (κ3) is 2.95. The maximum atomic E-state index is 4.64. The number of anilines is 1. The fourth-order valence-electron chi connectivity index (χ4n) is 1.95. The first-order valence-electron chi connectivity index (χ1n) is 6.16. The first kappa shape index (κ1) is 11.9. The Morgan fingerprint density at radius 2 is 2.38 bits per heavy atom. The topological polar surface area (TPSA) is 28.2 Å². The average Bonchev–Trinajstić information content (AvgIpc) is 2.69. The second-order valence-corrected chi connectivity index (χ2v) is 5.42. The van der Waals surface area contributed by atoms with Crippen molar-refractivity contribution in [1.82, 2.24) is 10.3 Å². The van der Waals surface area contributed by atoms with Crippen molar-refractivity contribution < 1.29 is 0 Å². The molecule has 0 amide bonds. The van der Waals surface area contributed by atoms with Crippen molar-refractivity contribution in [2.75, 3.05) is 25.0 Å². The fourth-order valence-corrected chi connectivity index (χ4v) is 2.75. The predicted molar refractivity (Wildman–Crippen MR) is 70.1 cm³/mol. The summed E-state index contributed by atoms with van der Waals surface area (Å²) in [6.45, 7) is 5.19. The molecule has 0 aromatic carbocycles. The third-order valence-electron chi connectivity index (χ3n) is 3.18. The van der Waals surface area contributed by atoms with E-state index in [-0.39, 0.29) is 0 Å². The highest BCUT2D eigenvalue weighted by molar-refractivity contribution is 7.13. The van der Waals surface area contributed by atoms with Crippen LogP contribution >= 0.6 is 11.3 Å². The van der Waals surface area contributed by atoms with Gasteiger partial charge in [0.1, 0.15) is 0 Å². The van der Waals surface area contributed by atoms with Crippen molar-refractivity contribution in [1.29, 1.82) is 0 Å². The third-order valence-corrected chi connectivity index (χ3v) is 4.18. The average molecular weight is 239 g/mol. The minimum atomic E-state index is 0.893. The Kier molecular flexibility index (Phi) is 4.18. The molecule has 0 unspecified atom stereocenters. The second kappa shape index (κ2) is 5.64. The van der Waals surface area contributed by atoms with Gasteiger partial charge in [0.2, 0.25) is 0 Å². The van der Waals surface area contributed by atoms with Crippen LogP contribution in [0, 0.1) is 5.92 Å². The molecule has 0 saturated heterocycles. The number of nitrogens with zero attached hydrogens (tertiary/aromatic N) is 2. The molecule has 1 aliphatic carbocycles. The number of aromatic nitrogens is 1. The minimum absolute atomic E-state index is 0.893. The Morgan fingerprint density at radius 1 is 1.56 bits per heavy atom. The highest BCUT2D eigenvalue weighted by Gasteiger charge is 2.20. The lowest BCUT2D eigenvalue weighted by molar-refractivity contribution is 0.321. The van der Waals surface area contributed by atoms with Crippen LogP contribution in [0.5, 0.6) is 0 Å². The molecule has 1 N–H and O–H groups in total. The maximum absolute atomic E-state index is 4.64. The molecule has 1 fully saturated rings. The standard InChI is InChI=1S/C12H21N3S/c1-3-13-7-11-9-16-12(14-11)15(2)8-10-5-4-6-10/h9-10,13H,3-8H2,1-2H3. The van der Waals surface area contributed by atoms with Crippen LogP contribution in [0.2, 0.25) is 0 Å². The first-order chi connectivity index (χ1) is 7.79. The highest BCUT2D eigenvalue weighted by atomic mass is 32.1. The van der Waals surface area contributed by atoms with Crippen molar-refractivity contribution in [3.8, 4) is 0 Å². The van der Waals surface area contributed by atoms with Gasteiger partial charge in [0.05, 0.1) is 5.69 Å². The number of hydrogen-bond acceptors (Lipinski definition) is 4. The quantitative estimate of drug-likeness (QED) is 0.826. The maximum Gasteiger partial charge on any atom is 0.185 e. The molecule has 90 valence electrons. The van der Waals surface area contributed by atoms with Gasteiger partial charge < -0.3 is 10.2 Å². The van der Waals surface area contributed by atoms with E-state index in [1.54, 1.807) is 11.3 Å². The summed E-state index contributed by atoms with van der Waals surface area (Å²) in [5, 5.41) is 6.63. The molecule has 16 heavy (non-hydrogen) atoms. The molecule has 0 bridgehead atoms. The van der Waals surface area contributed by atoms with Gasteiger partial charge in [-0.3, -0.25) is 0 Å². The van der Waals surface area contributed by atoms with Gasteiger partial charge in [-0.1, -0.05) is 13.3 Å². The van der Waals surface area contributed by atoms with E-state index in [2.05, 4.69) is 34.6 Å². The minimum Gasteiger partial charge on any atom is -0.351 e. The Hall–Kier alpha value is -0.610. The van der Waals surface area contributed by atoms with Gasteiger partial charge >= 0.3 is 0 Å². The van der Waals surface area contributed by atoms with E-state index in [0.717, 1.165) is 19.0 Å². The van der Waals surface area contributed by atoms with Crippen molar-refractivity contribution >= 4 is 16.5 Å². The van der Waals surface area contributed by atoms with E-state index in [1.165, 1.54) is 36.6 Å². The van der Waals surface area contributed by atoms with Gasteiger partial charge in [-0.05, 0) is 25.3 Å². The Bertz CT molecular complexity index is 320. The lowest BCUT2D eigenvalue weighted by atomic mass is 9.85. The molecular weight excluding hydrogens is 218 g/mol. The van der Waals surface area contributed by atoms with Crippen LogP contribution in [0.15, 0.2) is 5.38 Å². The summed E-state index contributed by atoms with van der Waals surface area (Å²) in [4.78, 5) is 6.95. The molecule has 0 aliphatic heterocycles. The monoisotopic (exact) mass is 239 g/mol. The van der Waals surface area contributed by atoms with Gasteiger partial charge in [-0.25, -0.2) is 4.98 Å². The molecule has 0 spiro atoms. The number of thiazole rings is 1. The zero-order valence-electron chi connectivity index (χ0n) is 10.2. The smallest absolute Gasteiger partial charge is 0.185 e. The molecule has 3 nitrogen and oxygen atoms in total. The molecule has 2 rings (SSSR count). The van der Waals surface area contributed by atoms with E-state index in [1.807, 2.05) is 0 Å². The van der Waals surface area contributed by atoms with Crippen LogP contribution in [0.1, 0.15) is 31.9 Å². The second-order valence-electron chi connectivity index (χ2n) is 4.58. The van der Waals surface area contributed by atoms with Crippen LogP contribution in [0.25, 0.3) is 0 Å². The molecule has 1 aromatic heterocycles. The van der Waals surface area contributed by atoms with Gasteiger partial charge in [0, 0.05) is 25.5 Å². The van der Waals surface area contributed by atoms with Crippen molar-refractivity contribution in [3.05, 3.63) is 11.1 Å². The largest absolute Gasteiger partial charge is 0.351 e. The molecule has 4 heteroatoms. The summed E-state index contributed by atoms with van der Waals surface area (Å²) in [5.74, 6) is 0.908. The molecule has 1 aliphatic rings. The van der Waals surface area contributed by atoms with Gasteiger partial charge in [-0.2, -0.15) is 0 Å². The van der Waals surface area contributed by atoms with Crippen LogP contribution < -0.4 is 10.2 Å². The van der Waals surface area contributed by atoms with E-state index in [0.29, 0.717) is 0 Å². The number of rotatable bonds is 6. The van der Waals surface area contributed by atoms with Gasteiger partial charge in [0.15, 0.2) is 5.13 Å². The van der Waals surface area contributed by atoms with Crippen molar-refractivity contribution in [3.63, 3.8) is 0 Å². The molecule has 0 atom stereocenters. The van der Waals surface area contributed by atoms with Crippen LogP contribution in [0.4, 0.5) is 5.13 Å². The molecule has 0 radical (unpaired) electrons. The van der Waals surface area contributed by atoms with Gasteiger partial charge in [-0.15, -0.1) is 11.3 Å². The number of hydrogen-bond donors (Lipinski definition) is 1. The van der Waals surface area contributed by atoms with Crippen molar-refractivity contribution in [2.45, 2.75) is 32.7 Å². The van der Waals surface area contributed by atoms with Crippen LogP contribution in [-0.2, 0) is 6.54 Å². The Balaban J connectivity index is 1.84. The van der Waals surface area contributed by atoms with Crippen LogP contribution in [-0.4, -0.2) is 25.1 Å². The van der Waals surface area contributed by atoms with Gasteiger partial charge in [0.25, 0.3) is 0 Å². The summed E-state index contributed by atoms with van der Waals surface area (Å²) < 4.78 is 0. The van der Waals surface area contributed by atoms with E-state index >= 15 is 0 Å². The zero-order valence-corrected chi connectivity index (χ0v) is 11.0. The highest BCUT2D eigenvalue weighted by Crippen LogP contribution is 2.29. The number of nitrogens with one attached hydrogen (secondary N) is 1. The van der Waals surface area contributed by atoms with E-state index in [4.69, 9.17) is 0 Å². The lowest BCUT2D eigenvalue weighted by Gasteiger charge is -2.29. The Morgan fingerprint density at radius 3 is 3.00 bits per heavy atom. The van der Waals surface area contributed by atoms with Crippen molar-refractivity contribution in [2.24, 2.45) is 5.92 Å². The summed E-state index contributed by atoms with van der Waals surface area (Å²) >= 11 is 1.76. The van der Waals surface area contributed by atoms with E-state index in [9.17, 15) is 0 Å². The normalized spacial score (nSPS) is 16.1. The summed E-state index contributed by atoms with van der Waals surface area (Å²) in [6.07, 6.45) is 4.22. The molecule has 1 aromatic rings. The van der Waals surface area contributed by atoms with E-state index < -0.39 is 0 Å². The van der Waals surface area contributed by atoms with Crippen LogP contribution in [0.3, 0.4) is 0 Å². The first-order valence-corrected chi connectivity index (χ1v) is 7.03. The summed E-state index contributed by atoms with van der Waals surface area (Å²) in [6, 6.07) is 0. The predicted octanol–water partition coefficient (Wildman–Crippen LogP) is 2.49. The summed E-state index contributed by atoms with van der Waals surface area (Å²) in [7, 11) is 2.16. The lowest BCUT2D eigenvalue weighted by Crippen LogP contribution is -2.29. The molecule has 1 heterocycles. The molecule has 1 saturated carbocycles. The molecular formula is C12H21N3S.